The van der Waals surface area contributed by atoms with Gasteiger partial charge in [0.25, 0.3) is 0 Å². The monoisotopic (exact) mass is 347 g/mol. The van der Waals surface area contributed by atoms with E-state index in [4.69, 9.17) is 4.74 Å². The number of hydrogen-bond donors (Lipinski definition) is 0. The van der Waals surface area contributed by atoms with Gasteiger partial charge in [-0.05, 0) is 12.1 Å². The number of aliphatic imine (C=N–C) groups is 1. The normalized spacial score (nSPS) is 14.7. The average Bonchev–Trinajstić information content (AvgIpc) is 2.52. The molecule has 0 saturated carbocycles. The van der Waals surface area contributed by atoms with Gasteiger partial charge in [-0.3, -0.25) is 9.97 Å². The second-order valence-electron chi connectivity index (χ2n) is 4.81. The Morgan fingerprint density at radius 3 is 2.42 bits per heavy atom. The van der Waals surface area contributed by atoms with E-state index in [1.54, 1.807) is 0 Å². The first kappa shape index (κ1) is 16.2. The van der Waals surface area contributed by atoms with Gasteiger partial charge in [0, 0.05) is 18.6 Å². The van der Waals surface area contributed by atoms with Crippen molar-refractivity contribution in [2.75, 3.05) is 0 Å². The molecule has 3 rings (SSSR count). The summed E-state index contributed by atoms with van der Waals surface area (Å²) in [6, 6.07) is 1.76. The SMILES string of the molecule is FC(F)(F)c1cnc2c(c1)N=C(c1ccncc1C(F)(F)F)OC2. The molecule has 0 N–H and O–H groups in total. The molecule has 126 valence electrons. The molecule has 2 aromatic heterocycles. The summed E-state index contributed by atoms with van der Waals surface area (Å²) < 4.78 is 82.3. The number of alkyl halides is 6. The summed E-state index contributed by atoms with van der Waals surface area (Å²) in [6.07, 6.45) is -7.01. The highest BCUT2D eigenvalue weighted by atomic mass is 19.4. The van der Waals surface area contributed by atoms with Crippen LogP contribution < -0.4 is 0 Å². The predicted octanol–water partition coefficient (Wildman–Crippen LogP) is 4.12. The van der Waals surface area contributed by atoms with Gasteiger partial charge in [0.15, 0.2) is 0 Å². The zero-order valence-corrected chi connectivity index (χ0v) is 11.6. The van der Waals surface area contributed by atoms with Crippen LogP contribution in [0.4, 0.5) is 32.0 Å². The zero-order chi connectivity index (χ0) is 17.5. The summed E-state index contributed by atoms with van der Waals surface area (Å²) in [5, 5.41) is 0. The maximum atomic E-state index is 13.0. The minimum absolute atomic E-state index is 0.106. The molecule has 0 unspecified atom stereocenters. The van der Waals surface area contributed by atoms with Crippen molar-refractivity contribution in [2.24, 2.45) is 4.99 Å². The smallest absolute Gasteiger partial charge is 0.418 e. The molecular weight excluding hydrogens is 340 g/mol. The molecule has 0 atom stereocenters. The van der Waals surface area contributed by atoms with Crippen molar-refractivity contribution in [1.29, 1.82) is 0 Å². The van der Waals surface area contributed by atoms with E-state index >= 15 is 0 Å². The molecule has 0 fully saturated rings. The van der Waals surface area contributed by atoms with Gasteiger partial charge in [-0.2, -0.15) is 26.3 Å². The van der Waals surface area contributed by atoms with E-state index in [9.17, 15) is 26.3 Å². The van der Waals surface area contributed by atoms with Gasteiger partial charge in [0.05, 0.1) is 22.4 Å². The molecule has 10 heteroatoms. The summed E-state index contributed by atoms with van der Waals surface area (Å²) in [6.45, 7) is -0.286. The molecule has 0 amide bonds. The lowest BCUT2D eigenvalue weighted by Crippen LogP contribution is -2.19. The first-order chi connectivity index (χ1) is 11.2. The quantitative estimate of drug-likeness (QED) is 0.729. The minimum atomic E-state index is -4.71. The number of hydrogen-bond acceptors (Lipinski definition) is 4. The molecule has 3 heterocycles. The Kier molecular flexibility index (Phi) is 3.69. The number of fused-ring (bicyclic) bond motifs is 1. The van der Waals surface area contributed by atoms with Crippen molar-refractivity contribution >= 4 is 11.6 Å². The number of nitrogens with zero attached hydrogens (tertiary/aromatic N) is 3. The molecule has 0 aliphatic carbocycles. The van der Waals surface area contributed by atoms with Gasteiger partial charge in [-0.1, -0.05) is 0 Å². The third-order valence-electron chi connectivity index (χ3n) is 3.20. The lowest BCUT2D eigenvalue weighted by atomic mass is 10.1. The topological polar surface area (TPSA) is 47.4 Å². The molecule has 24 heavy (non-hydrogen) atoms. The fourth-order valence-electron chi connectivity index (χ4n) is 2.07. The van der Waals surface area contributed by atoms with Gasteiger partial charge in [0.2, 0.25) is 5.90 Å². The maximum Gasteiger partial charge on any atom is 0.418 e. The summed E-state index contributed by atoms with van der Waals surface area (Å²) in [5.41, 5.74) is -2.62. The fraction of sp³-hybridized carbons (Fsp3) is 0.214. The second kappa shape index (κ2) is 5.46. The van der Waals surface area contributed by atoms with Crippen LogP contribution in [0.25, 0.3) is 0 Å². The van der Waals surface area contributed by atoms with Crippen LogP contribution in [0, 0.1) is 0 Å². The Bertz CT molecular complexity index is 813. The van der Waals surface area contributed by atoms with Crippen molar-refractivity contribution < 1.29 is 31.1 Å². The Labute approximate surface area is 130 Å². The van der Waals surface area contributed by atoms with E-state index in [2.05, 4.69) is 15.0 Å². The van der Waals surface area contributed by atoms with E-state index in [0.29, 0.717) is 12.4 Å². The molecule has 0 spiro atoms. The molecule has 2 aromatic rings. The summed E-state index contributed by atoms with van der Waals surface area (Å²) >= 11 is 0. The van der Waals surface area contributed by atoms with Gasteiger partial charge < -0.3 is 4.74 Å². The van der Waals surface area contributed by atoms with Crippen molar-refractivity contribution in [3.63, 3.8) is 0 Å². The van der Waals surface area contributed by atoms with E-state index in [1.165, 1.54) is 0 Å². The van der Waals surface area contributed by atoms with Crippen LogP contribution in [0.1, 0.15) is 22.4 Å². The van der Waals surface area contributed by atoms with Crippen molar-refractivity contribution in [3.05, 3.63) is 53.1 Å². The number of pyridine rings is 2. The molecule has 0 saturated heterocycles. The van der Waals surface area contributed by atoms with Crippen LogP contribution >= 0.6 is 0 Å². The number of aromatic nitrogens is 2. The summed E-state index contributed by atoms with van der Waals surface area (Å²) in [7, 11) is 0. The summed E-state index contributed by atoms with van der Waals surface area (Å²) in [4.78, 5) is 10.8. The van der Waals surface area contributed by atoms with Gasteiger partial charge in [0.1, 0.15) is 12.3 Å². The first-order valence-electron chi connectivity index (χ1n) is 6.45. The molecule has 1 aliphatic heterocycles. The second-order valence-corrected chi connectivity index (χ2v) is 4.81. The van der Waals surface area contributed by atoms with E-state index in [0.717, 1.165) is 18.3 Å². The highest BCUT2D eigenvalue weighted by Crippen LogP contribution is 2.36. The lowest BCUT2D eigenvalue weighted by molar-refractivity contribution is -0.138. The van der Waals surface area contributed by atoms with Crippen LogP contribution in [-0.4, -0.2) is 15.9 Å². The first-order valence-corrected chi connectivity index (χ1v) is 6.45. The molecule has 0 radical (unpaired) electrons. The van der Waals surface area contributed by atoms with Gasteiger partial charge >= 0.3 is 12.4 Å². The van der Waals surface area contributed by atoms with Gasteiger partial charge in [-0.15, -0.1) is 0 Å². The van der Waals surface area contributed by atoms with Crippen LogP contribution in [0.15, 0.2) is 35.7 Å². The lowest BCUT2D eigenvalue weighted by Gasteiger charge is -2.19. The van der Waals surface area contributed by atoms with E-state index in [1.807, 2.05) is 0 Å². The Morgan fingerprint density at radius 2 is 1.75 bits per heavy atom. The van der Waals surface area contributed by atoms with E-state index in [-0.39, 0.29) is 18.0 Å². The third-order valence-corrected chi connectivity index (χ3v) is 3.20. The maximum absolute atomic E-state index is 13.0. The largest absolute Gasteiger partial charge is 0.471 e. The Morgan fingerprint density at radius 1 is 1.00 bits per heavy atom. The molecule has 0 aromatic carbocycles. The molecule has 4 nitrogen and oxygen atoms in total. The number of halogens is 6. The average molecular weight is 347 g/mol. The molecule has 0 bridgehead atoms. The number of ether oxygens (including phenoxy) is 1. The Balaban J connectivity index is 2.09. The fourth-order valence-corrected chi connectivity index (χ4v) is 2.07. The van der Waals surface area contributed by atoms with E-state index < -0.39 is 34.9 Å². The van der Waals surface area contributed by atoms with Crippen molar-refractivity contribution in [3.8, 4) is 0 Å². The molecular formula is C14H7F6N3O. The van der Waals surface area contributed by atoms with Crippen LogP contribution in [0.3, 0.4) is 0 Å². The minimum Gasteiger partial charge on any atom is -0.471 e. The molecule has 1 aliphatic rings. The van der Waals surface area contributed by atoms with Crippen molar-refractivity contribution in [1.82, 2.24) is 9.97 Å². The van der Waals surface area contributed by atoms with Crippen LogP contribution in [-0.2, 0) is 23.7 Å². The zero-order valence-electron chi connectivity index (χ0n) is 11.6. The highest BCUT2D eigenvalue weighted by molar-refractivity contribution is 5.98. The highest BCUT2D eigenvalue weighted by Gasteiger charge is 2.36. The predicted molar refractivity (Wildman–Crippen MR) is 69.5 cm³/mol. The summed E-state index contributed by atoms with van der Waals surface area (Å²) in [5.74, 6) is -0.432. The van der Waals surface area contributed by atoms with Crippen molar-refractivity contribution in [2.45, 2.75) is 19.0 Å². The van der Waals surface area contributed by atoms with Crippen LogP contribution in [0.2, 0.25) is 0 Å². The van der Waals surface area contributed by atoms with Crippen LogP contribution in [0.5, 0.6) is 0 Å². The number of rotatable bonds is 1. The van der Waals surface area contributed by atoms with Gasteiger partial charge in [-0.25, -0.2) is 4.99 Å². The third kappa shape index (κ3) is 3.03. The Hall–Kier alpha value is -2.65. The standard InChI is InChI=1S/C14H7F6N3O/c15-13(16,17)7-3-10-11(22-4-7)6-24-12(23-10)8-1-2-21-5-9(8)14(18,19)20/h1-5H,6H2.